The van der Waals surface area contributed by atoms with Crippen molar-refractivity contribution in [2.45, 2.75) is 6.54 Å². The molecule has 1 aromatic rings. The summed E-state index contributed by atoms with van der Waals surface area (Å²) >= 11 is 0. The number of amides is 1. The molecule has 1 amide bonds. The molecule has 3 heteroatoms. The van der Waals surface area contributed by atoms with Crippen molar-refractivity contribution < 1.29 is 4.79 Å². The van der Waals surface area contributed by atoms with Gasteiger partial charge in [0.25, 0.3) is 0 Å². The van der Waals surface area contributed by atoms with E-state index < -0.39 is 0 Å². The molecule has 0 aliphatic heterocycles. The van der Waals surface area contributed by atoms with Gasteiger partial charge in [0.05, 0.1) is 5.92 Å². The largest absolute Gasteiger partial charge is 0.351 e. The van der Waals surface area contributed by atoms with E-state index in [4.69, 9.17) is 0 Å². The molecule has 1 saturated carbocycles. The van der Waals surface area contributed by atoms with Crippen molar-refractivity contribution in [2.75, 3.05) is 0 Å². The summed E-state index contributed by atoms with van der Waals surface area (Å²) in [6.07, 6.45) is 10.7. The zero-order valence-corrected chi connectivity index (χ0v) is 8.18. The van der Waals surface area contributed by atoms with Crippen LogP contribution in [0.5, 0.6) is 0 Å². The van der Waals surface area contributed by atoms with Crippen LogP contribution >= 0.6 is 0 Å². The molecule has 1 aliphatic carbocycles. The number of carbonyl (C=O) groups excluding carboxylic acids is 1. The summed E-state index contributed by atoms with van der Waals surface area (Å²) in [6, 6.07) is 3.76. The van der Waals surface area contributed by atoms with Gasteiger partial charge in [-0.25, -0.2) is 0 Å². The lowest BCUT2D eigenvalue weighted by molar-refractivity contribution is -0.118. The predicted molar refractivity (Wildman–Crippen MR) is 56.5 cm³/mol. The Bertz CT molecular complexity index is 318. The molecule has 3 nitrogen and oxygen atoms in total. The molecule has 0 spiro atoms. The average Bonchev–Trinajstić information content (AvgIpc) is 2.81. The highest BCUT2D eigenvalue weighted by Gasteiger charge is 2.23. The standard InChI is InChI=1S/C12H11N2O/c15-12(11-3-1-2-4-11)14-9-10-5-7-13-8-6-10/h1-8H,9H2,(H,14,15). The predicted octanol–water partition coefficient (Wildman–Crippen LogP) is 1.10. The lowest BCUT2D eigenvalue weighted by atomic mass is 10.1. The summed E-state index contributed by atoms with van der Waals surface area (Å²) in [7, 11) is 0. The number of nitrogens with one attached hydrogen (secondary N) is 1. The van der Waals surface area contributed by atoms with Gasteiger partial charge in [0, 0.05) is 18.9 Å². The smallest absolute Gasteiger partial charge is 0.228 e. The number of aromatic nitrogens is 1. The minimum atomic E-state index is -0.0446. The molecule has 1 aliphatic rings. The third-order valence-electron chi connectivity index (χ3n) is 2.13. The molecule has 75 valence electrons. The zero-order valence-electron chi connectivity index (χ0n) is 8.18. The zero-order chi connectivity index (χ0) is 10.5. The van der Waals surface area contributed by atoms with E-state index in [1.807, 2.05) is 25.0 Å². The Morgan fingerprint density at radius 2 is 1.87 bits per heavy atom. The van der Waals surface area contributed by atoms with Gasteiger partial charge in [0.2, 0.25) is 5.91 Å². The summed E-state index contributed by atoms with van der Waals surface area (Å²) in [5.41, 5.74) is 1.05. The summed E-state index contributed by atoms with van der Waals surface area (Å²) in [5, 5.41) is 2.83. The molecule has 15 heavy (non-hydrogen) atoms. The highest BCUT2D eigenvalue weighted by atomic mass is 16.1. The van der Waals surface area contributed by atoms with Crippen LogP contribution in [0.15, 0.2) is 24.5 Å². The molecule has 5 radical (unpaired) electrons. The van der Waals surface area contributed by atoms with Crippen LogP contribution in [-0.2, 0) is 11.3 Å². The molecule has 0 unspecified atom stereocenters. The number of carbonyl (C=O) groups is 1. The van der Waals surface area contributed by atoms with Gasteiger partial charge >= 0.3 is 0 Å². The van der Waals surface area contributed by atoms with E-state index in [2.05, 4.69) is 10.3 Å². The third kappa shape index (κ3) is 2.78. The molecule has 1 aromatic heterocycles. The normalized spacial score (nSPS) is 16.5. The Labute approximate surface area is 89.9 Å². The van der Waals surface area contributed by atoms with E-state index in [1.54, 1.807) is 25.2 Å². The average molecular weight is 199 g/mol. The third-order valence-corrected chi connectivity index (χ3v) is 2.13. The van der Waals surface area contributed by atoms with Crippen LogP contribution < -0.4 is 5.32 Å². The second-order valence-electron chi connectivity index (χ2n) is 3.21. The van der Waals surface area contributed by atoms with Crippen molar-refractivity contribution in [1.82, 2.24) is 10.3 Å². The SMILES string of the molecule is O=C(NCc1ccncc1)[C]1[CH][CH][CH][CH]1. The first-order chi connectivity index (χ1) is 7.36. The van der Waals surface area contributed by atoms with Gasteiger partial charge in [0.1, 0.15) is 0 Å². The van der Waals surface area contributed by atoms with Crippen molar-refractivity contribution in [1.29, 1.82) is 0 Å². The van der Waals surface area contributed by atoms with E-state index in [0.717, 1.165) is 5.56 Å². The highest BCUT2D eigenvalue weighted by Crippen LogP contribution is 2.22. The molecule has 0 saturated heterocycles. The Kier molecular flexibility index (Phi) is 3.33. The van der Waals surface area contributed by atoms with E-state index in [-0.39, 0.29) is 5.91 Å². The Morgan fingerprint density at radius 3 is 2.53 bits per heavy atom. The van der Waals surface area contributed by atoms with Crippen LogP contribution in [0, 0.1) is 31.6 Å². The van der Waals surface area contributed by atoms with Crippen LogP contribution in [0.25, 0.3) is 0 Å². The van der Waals surface area contributed by atoms with E-state index >= 15 is 0 Å². The van der Waals surface area contributed by atoms with Crippen molar-refractivity contribution >= 4 is 5.91 Å². The van der Waals surface area contributed by atoms with Crippen LogP contribution in [0.3, 0.4) is 0 Å². The topological polar surface area (TPSA) is 42.0 Å². The number of nitrogens with zero attached hydrogens (tertiary/aromatic N) is 1. The highest BCUT2D eigenvalue weighted by molar-refractivity contribution is 5.95. The molecule has 0 aromatic carbocycles. The van der Waals surface area contributed by atoms with E-state index in [9.17, 15) is 4.79 Å². The van der Waals surface area contributed by atoms with Gasteiger partial charge in [-0.2, -0.15) is 0 Å². The minimum Gasteiger partial charge on any atom is -0.351 e. The fraction of sp³-hybridized carbons (Fsp3) is 0.0833. The maximum absolute atomic E-state index is 11.6. The van der Waals surface area contributed by atoms with Gasteiger partial charge in [0.15, 0.2) is 0 Å². The summed E-state index contributed by atoms with van der Waals surface area (Å²) < 4.78 is 0. The number of rotatable bonds is 3. The maximum Gasteiger partial charge on any atom is 0.228 e. The monoisotopic (exact) mass is 199 g/mol. The van der Waals surface area contributed by atoms with Crippen LogP contribution in [0.1, 0.15) is 5.56 Å². The fourth-order valence-corrected chi connectivity index (χ4v) is 1.31. The van der Waals surface area contributed by atoms with Crippen molar-refractivity contribution in [3.63, 3.8) is 0 Å². The summed E-state index contributed by atoms with van der Waals surface area (Å²) in [6.45, 7) is 0.534. The Morgan fingerprint density at radius 1 is 1.20 bits per heavy atom. The maximum atomic E-state index is 11.6. The molecule has 1 N–H and O–H groups in total. The van der Waals surface area contributed by atoms with Gasteiger partial charge in [-0.3, -0.25) is 9.78 Å². The van der Waals surface area contributed by atoms with Crippen molar-refractivity contribution in [2.24, 2.45) is 0 Å². The first-order valence-electron chi connectivity index (χ1n) is 4.75. The Hall–Kier alpha value is -1.38. The van der Waals surface area contributed by atoms with Crippen LogP contribution in [0.2, 0.25) is 0 Å². The van der Waals surface area contributed by atoms with Crippen molar-refractivity contribution in [3.8, 4) is 0 Å². The molecule has 0 atom stereocenters. The first-order valence-corrected chi connectivity index (χ1v) is 4.75. The molecule has 2 rings (SSSR count). The van der Waals surface area contributed by atoms with Crippen LogP contribution in [-0.4, -0.2) is 10.9 Å². The molecular formula is C12H11N2O. The second kappa shape index (κ2) is 4.91. The van der Waals surface area contributed by atoms with Crippen molar-refractivity contribution in [3.05, 3.63) is 61.7 Å². The van der Waals surface area contributed by atoms with E-state index in [0.29, 0.717) is 12.5 Å². The molecule has 0 bridgehead atoms. The quantitative estimate of drug-likeness (QED) is 0.792. The van der Waals surface area contributed by atoms with E-state index in [1.165, 1.54) is 0 Å². The van der Waals surface area contributed by atoms with Gasteiger partial charge in [-0.05, 0) is 43.4 Å². The summed E-state index contributed by atoms with van der Waals surface area (Å²) in [4.78, 5) is 15.5. The van der Waals surface area contributed by atoms with Gasteiger partial charge in [-0.1, -0.05) is 0 Å². The lowest BCUT2D eigenvalue weighted by Gasteiger charge is -2.08. The molecular weight excluding hydrogens is 188 g/mol. The second-order valence-corrected chi connectivity index (χ2v) is 3.21. The summed E-state index contributed by atoms with van der Waals surface area (Å²) in [5.74, 6) is 0.654. The van der Waals surface area contributed by atoms with Gasteiger partial charge in [-0.15, -0.1) is 0 Å². The minimum absolute atomic E-state index is 0.0446. The van der Waals surface area contributed by atoms with Gasteiger partial charge < -0.3 is 5.32 Å². The number of pyridine rings is 1. The fourth-order valence-electron chi connectivity index (χ4n) is 1.31. The Balaban J connectivity index is 1.80. The number of hydrogen-bond acceptors (Lipinski definition) is 2. The first kappa shape index (κ1) is 10.1. The van der Waals surface area contributed by atoms with Crippen LogP contribution in [0.4, 0.5) is 0 Å². The number of hydrogen-bond donors (Lipinski definition) is 1. The molecule has 1 fully saturated rings. The lowest BCUT2D eigenvalue weighted by Crippen LogP contribution is -2.27. The molecule has 1 heterocycles.